The second-order valence-electron chi connectivity index (χ2n) is 7.75. The summed E-state index contributed by atoms with van der Waals surface area (Å²) in [6.07, 6.45) is 2.65. The van der Waals surface area contributed by atoms with E-state index in [4.69, 9.17) is 14.2 Å². The first-order chi connectivity index (χ1) is 14.5. The summed E-state index contributed by atoms with van der Waals surface area (Å²) in [5.41, 5.74) is 2.71. The molecule has 0 bridgehead atoms. The van der Waals surface area contributed by atoms with E-state index in [1.54, 1.807) is 18.1 Å². The monoisotopic (exact) mass is 427 g/mol. The molecule has 1 heterocycles. The van der Waals surface area contributed by atoms with Gasteiger partial charge in [-0.1, -0.05) is 6.07 Å². The van der Waals surface area contributed by atoms with Gasteiger partial charge >= 0.3 is 5.97 Å². The Morgan fingerprint density at radius 1 is 1.27 bits per heavy atom. The highest BCUT2D eigenvalue weighted by Gasteiger charge is 2.48. The fourth-order valence-electron chi connectivity index (χ4n) is 3.87. The van der Waals surface area contributed by atoms with Crippen molar-refractivity contribution in [1.29, 1.82) is 0 Å². The van der Waals surface area contributed by atoms with Crippen LogP contribution in [0.1, 0.15) is 24.8 Å². The van der Waals surface area contributed by atoms with Crippen LogP contribution in [0.4, 0.5) is 8.78 Å². The zero-order valence-electron chi connectivity index (χ0n) is 17.7. The van der Waals surface area contributed by atoms with Crippen LogP contribution in [0.3, 0.4) is 0 Å². The first-order valence-corrected chi connectivity index (χ1v) is 10.4. The molecule has 9 heteroatoms. The molecule has 1 aromatic rings. The van der Waals surface area contributed by atoms with Crippen molar-refractivity contribution in [2.24, 2.45) is 0 Å². The molecule has 7 nitrogen and oxygen atoms in total. The van der Waals surface area contributed by atoms with E-state index in [2.05, 4.69) is 10.3 Å². The molecule has 3 rings (SSSR count). The third-order valence-corrected chi connectivity index (χ3v) is 6.03. The molecule has 0 amide bonds. The molecule has 1 N–H and O–H groups in total. The quantitative estimate of drug-likeness (QED) is 0.451. The Balaban J connectivity index is 1.48. The number of benzene rings is 1. The van der Waals surface area contributed by atoms with E-state index in [1.807, 2.05) is 0 Å². The smallest absolute Gasteiger partial charge is 0.327 e. The number of nitrogens with one attached hydrogen (secondary N) is 1. The van der Waals surface area contributed by atoms with Gasteiger partial charge in [-0.15, -0.1) is 0 Å². The molecule has 1 saturated carbocycles. The number of hydrazine groups is 1. The van der Waals surface area contributed by atoms with E-state index in [9.17, 15) is 13.6 Å². The van der Waals surface area contributed by atoms with Gasteiger partial charge in [0.05, 0.1) is 20.3 Å². The lowest BCUT2D eigenvalue weighted by atomic mass is 9.76. The number of esters is 1. The lowest BCUT2D eigenvalue weighted by Crippen LogP contribution is -2.62. The van der Waals surface area contributed by atoms with E-state index < -0.39 is 17.2 Å². The van der Waals surface area contributed by atoms with E-state index in [0.717, 1.165) is 19.5 Å². The molecular weight excluding hydrogens is 396 g/mol. The minimum Gasteiger partial charge on any atom is -0.489 e. The zero-order chi connectivity index (χ0) is 21.6. The number of carbonyl (C=O) groups is 1. The topological polar surface area (TPSA) is 63.3 Å². The van der Waals surface area contributed by atoms with Crippen LogP contribution < -0.4 is 10.2 Å². The van der Waals surface area contributed by atoms with Crippen LogP contribution >= 0.6 is 0 Å². The van der Waals surface area contributed by atoms with E-state index in [0.29, 0.717) is 39.1 Å². The van der Waals surface area contributed by atoms with Crippen LogP contribution in [0, 0.1) is 11.6 Å². The van der Waals surface area contributed by atoms with Crippen molar-refractivity contribution in [1.82, 2.24) is 15.3 Å². The van der Waals surface area contributed by atoms with Gasteiger partial charge in [-0.05, 0) is 37.3 Å². The summed E-state index contributed by atoms with van der Waals surface area (Å²) in [6, 6.07) is 3.02. The normalized spacial score (nSPS) is 18.8. The number of hydrogen-bond donors (Lipinski definition) is 1. The Bertz CT molecular complexity index is 724. The molecule has 1 aliphatic heterocycles. The van der Waals surface area contributed by atoms with Gasteiger partial charge in [-0.25, -0.2) is 14.2 Å². The van der Waals surface area contributed by atoms with Crippen LogP contribution in [0.15, 0.2) is 12.1 Å². The molecule has 1 saturated heterocycles. The van der Waals surface area contributed by atoms with Gasteiger partial charge in [-0.3, -0.25) is 10.3 Å². The standard InChI is InChI=1S/C21H31F2N3O4/c1-25(21(7-3-8-21)20(27)28-2)24-9-6-16-4-5-17(19(23)18(16)22)30-15-12-26-10-13-29-14-11-26/h4-5,24H,3,6-15H2,1-2H3. The molecular formula is C21H31F2N3O4. The van der Waals surface area contributed by atoms with Crippen molar-refractivity contribution in [3.05, 3.63) is 29.3 Å². The van der Waals surface area contributed by atoms with Gasteiger partial charge in [0.15, 0.2) is 11.6 Å². The van der Waals surface area contributed by atoms with Crippen LogP contribution in [0.2, 0.25) is 0 Å². The molecule has 0 aromatic heterocycles. The third kappa shape index (κ3) is 5.08. The first-order valence-electron chi connectivity index (χ1n) is 10.4. The summed E-state index contributed by atoms with van der Waals surface area (Å²) in [5, 5.41) is 1.74. The molecule has 2 aliphatic rings. The molecule has 0 spiro atoms. The summed E-state index contributed by atoms with van der Waals surface area (Å²) >= 11 is 0. The molecule has 30 heavy (non-hydrogen) atoms. The van der Waals surface area contributed by atoms with Crippen molar-refractivity contribution in [3.63, 3.8) is 0 Å². The largest absolute Gasteiger partial charge is 0.489 e. The molecule has 2 fully saturated rings. The predicted molar refractivity (Wildman–Crippen MR) is 107 cm³/mol. The maximum absolute atomic E-state index is 14.5. The molecule has 1 aliphatic carbocycles. The number of halogens is 2. The maximum atomic E-state index is 14.5. The molecule has 0 radical (unpaired) electrons. The van der Waals surface area contributed by atoms with Crippen molar-refractivity contribution in [2.75, 3.05) is 60.2 Å². The highest BCUT2D eigenvalue weighted by molar-refractivity contribution is 5.81. The summed E-state index contributed by atoms with van der Waals surface area (Å²) in [6.45, 7) is 4.30. The lowest BCUT2D eigenvalue weighted by molar-refractivity contribution is -0.164. The summed E-state index contributed by atoms with van der Waals surface area (Å²) < 4.78 is 44.5. The highest BCUT2D eigenvalue weighted by atomic mass is 19.2. The molecule has 0 unspecified atom stereocenters. The Morgan fingerprint density at radius 2 is 2.00 bits per heavy atom. The van der Waals surface area contributed by atoms with Crippen LogP contribution in [0.25, 0.3) is 0 Å². The predicted octanol–water partition coefficient (Wildman–Crippen LogP) is 1.75. The fraction of sp³-hybridized carbons (Fsp3) is 0.667. The Kier molecular flexibility index (Phi) is 7.99. The second-order valence-corrected chi connectivity index (χ2v) is 7.75. The highest BCUT2D eigenvalue weighted by Crippen LogP contribution is 2.37. The van der Waals surface area contributed by atoms with Gasteiger partial charge in [0.2, 0.25) is 5.82 Å². The van der Waals surface area contributed by atoms with Crippen LogP contribution in [-0.2, 0) is 20.7 Å². The Morgan fingerprint density at radius 3 is 2.63 bits per heavy atom. The Hall–Kier alpha value is -1.81. The summed E-state index contributed by atoms with van der Waals surface area (Å²) in [7, 11) is 3.15. The number of ether oxygens (including phenoxy) is 3. The third-order valence-electron chi connectivity index (χ3n) is 6.03. The van der Waals surface area contributed by atoms with Crippen molar-refractivity contribution < 1.29 is 27.8 Å². The lowest BCUT2D eigenvalue weighted by Gasteiger charge is -2.45. The number of likely N-dealkylation sites (N-methyl/N-ethyl adjacent to an activating group) is 1. The van der Waals surface area contributed by atoms with Crippen LogP contribution in [-0.4, -0.2) is 81.6 Å². The SMILES string of the molecule is COC(=O)C1(N(C)NCCc2ccc(OCCN3CCOCC3)c(F)c2F)CCC1. The number of nitrogens with zero attached hydrogens (tertiary/aromatic N) is 2. The average Bonchev–Trinajstić information content (AvgIpc) is 2.72. The average molecular weight is 427 g/mol. The molecule has 0 atom stereocenters. The number of morpholine rings is 1. The van der Waals surface area contributed by atoms with Crippen molar-refractivity contribution >= 4 is 5.97 Å². The summed E-state index contributed by atoms with van der Waals surface area (Å²) in [4.78, 5) is 14.2. The van der Waals surface area contributed by atoms with Crippen molar-refractivity contribution in [3.8, 4) is 5.75 Å². The maximum Gasteiger partial charge on any atom is 0.327 e. The van der Waals surface area contributed by atoms with Gasteiger partial charge in [-0.2, -0.15) is 4.39 Å². The fourth-order valence-corrected chi connectivity index (χ4v) is 3.87. The zero-order valence-corrected chi connectivity index (χ0v) is 17.7. The van der Waals surface area contributed by atoms with E-state index in [1.165, 1.54) is 13.2 Å². The van der Waals surface area contributed by atoms with Gasteiger partial charge < -0.3 is 14.2 Å². The minimum atomic E-state index is -0.965. The number of hydrogen-bond acceptors (Lipinski definition) is 7. The number of rotatable bonds is 10. The molecule has 168 valence electrons. The second kappa shape index (κ2) is 10.5. The van der Waals surface area contributed by atoms with E-state index in [-0.39, 0.29) is 30.3 Å². The number of methoxy groups -OCH3 is 1. The Labute approximate surface area is 176 Å². The summed E-state index contributed by atoms with van der Waals surface area (Å²) in [5.74, 6) is -2.21. The number of carbonyl (C=O) groups excluding carboxylic acids is 1. The van der Waals surface area contributed by atoms with Gasteiger partial charge in [0.1, 0.15) is 12.1 Å². The first kappa shape index (κ1) is 22.9. The van der Waals surface area contributed by atoms with Crippen LogP contribution in [0.5, 0.6) is 5.75 Å². The minimum absolute atomic E-state index is 0.0753. The van der Waals surface area contributed by atoms with Crippen molar-refractivity contribution in [2.45, 2.75) is 31.2 Å². The van der Waals surface area contributed by atoms with Gasteiger partial charge in [0.25, 0.3) is 0 Å². The van der Waals surface area contributed by atoms with Gasteiger partial charge in [0, 0.05) is 33.2 Å². The molecule has 1 aromatic carbocycles. The van der Waals surface area contributed by atoms with E-state index >= 15 is 0 Å².